The Kier molecular flexibility index (Phi) is 3.81. The van der Waals surface area contributed by atoms with E-state index in [0.717, 1.165) is 37.7 Å². The van der Waals surface area contributed by atoms with Gasteiger partial charge in [-0.1, -0.05) is 12.1 Å². The molecule has 1 amide bonds. The van der Waals surface area contributed by atoms with Crippen LogP contribution in [0.2, 0.25) is 0 Å². The number of hydrogen-bond donors (Lipinski definition) is 0. The number of pyridine rings is 1. The van der Waals surface area contributed by atoms with Gasteiger partial charge in [0.15, 0.2) is 0 Å². The first-order valence-corrected chi connectivity index (χ1v) is 8.44. The lowest BCUT2D eigenvalue weighted by Crippen LogP contribution is -2.67. The van der Waals surface area contributed by atoms with Crippen LogP contribution in [-0.2, 0) is 9.53 Å². The van der Waals surface area contributed by atoms with Crippen molar-refractivity contribution in [1.82, 2.24) is 9.88 Å². The van der Waals surface area contributed by atoms with Gasteiger partial charge in [0.25, 0.3) is 0 Å². The molecule has 3 heterocycles. The van der Waals surface area contributed by atoms with Crippen molar-refractivity contribution < 1.29 is 14.3 Å². The molecule has 1 aromatic heterocycles. The van der Waals surface area contributed by atoms with E-state index in [2.05, 4.69) is 11.1 Å². The second-order valence-electron chi connectivity index (χ2n) is 6.71. The molecule has 3 aliphatic rings. The standard InChI is InChI=1S/C18H22N2O3/c21-17(14-5-1-2-6-14)20-12-18(13-20)11-15(8-10-22-18)23-16-7-3-4-9-19-16/h3-5,7,9,15H,1-2,6,8,10-13H2. The van der Waals surface area contributed by atoms with E-state index in [1.54, 1.807) is 6.20 Å². The molecule has 0 bridgehead atoms. The molecule has 0 N–H and O–H groups in total. The first kappa shape index (κ1) is 14.7. The van der Waals surface area contributed by atoms with Crippen LogP contribution in [0.3, 0.4) is 0 Å². The number of ether oxygens (including phenoxy) is 2. The van der Waals surface area contributed by atoms with Crippen molar-refractivity contribution in [2.24, 2.45) is 0 Å². The third kappa shape index (κ3) is 2.98. The zero-order valence-electron chi connectivity index (χ0n) is 13.2. The van der Waals surface area contributed by atoms with Crippen molar-refractivity contribution in [2.75, 3.05) is 19.7 Å². The molecule has 23 heavy (non-hydrogen) atoms. The summed E-state index contributed by atoms with van der Waals surface area (Å²) in [5.41, 5.74) is 0.768. The van der Waals surface area contributed by atoms with Crippen molar-refractivity contribution >= 4 is 5.91 Å². The second-order valence-corrected chi connectivity index (χ2v) is 6.71. The van der Waals surface area contributed by atoms with E-state index in [-0.39, 0.29) is 17.6 Å². The molecule has 4 rings (SSSR count). The minimum Gasteiger partial charge on any atom is -0.474 e. The molecule has 1 aliphatic carbocycles. The van der Waals surface area contributed by atoms with Crippen LogP contribution in [0.25, 0.3) is 0 Å². The number of hydrogen-bond acceptors (Lipinski definition) is 4. The van der Waals surface area contributed by atoms with E-state index in [0.29, 0.717) is 25.6 Å². The summed E-state index contributed by atoms with van der Waals surface area (Å²) >= 11 is 0. The van der Waals surface area contributed by atoms with Crippen LogP contribution in [0, 0.1) is 0 Å². The van der Waals surface area contributed by atoms with Gasteiger partial charge in [-0.2, -0.15) is 0 Å². The summed E-state index contributed by atoms with van der Waals surface area (Å²) in [6, 6.07) is 5.69. The average Bonchev–Trinajstić information content (AvgIpc) is 3.07. The van der Waals surface area contributed by atoms with Crippen molar-refractivity contribution in [3.05, 3.63) is 36.0 Å². The van der Waals surface area contributed by atoms with Gasteiger partial charge in [0.2, 0.25) is 11.8 Å². The topological polar surface area (TPSA) is 51.7 Å². The summed E-state index contributed by atoms with van der Waals surface area (Å²) in [4.78, 5) is 18.5. The van der Waals surface area contributed by atoms with Gasteiger partial charge in [0, 0.05) is 30.7 Å². The van der Waals surface area contributed by atoms with E-state index in [1.807, 2.05) is 23.1 Å². The van der Waals surface area contributed by atoms with Crippen LogP contribution in [0.4, 0.5) is 0 Å². The summed E-state index contributed by atoms with van der Waals surface area (Å²) in [5, 5.41) is 0. The van der Waals surface area contributed by atoms with Gasteiger partial charge < -0.3 is 14.4 Å². The molecule has 122 valence electrons. The van der Waals surface area contributed by atoms with Crippen molar-refractivity contribution in [3.63, 3.8) is 0 Å². The average molecular weight is 314 g/mol. The minimum absolute atomic E-state index is 0.113. The molecular formula is C18H22N2O3. The fraction of sp³-hybridized carbons (Fsp3) is 0.556. The molecule has 5 nitrogen and oxygen atoms in total. The quantitative estimate of drug-likeness (QED) is 0.859. The number of likely N-dealkylation sites (tertiary alicyclic amines) is 1. The molecular weight excluding hydrogens is 292 g/mol. The third-order valence-electron chi connectivity index (χ3n) is 4.93. The Morgan fingerprint density at radius 3 is 3.04 bits per heavy atom. The van der Waals surface area contributed by atoms with Crippen molar-refractivity contribution in [1.29, 1.82) is 0 Å². The van der Waals surface area contributed by atoms with Crippen LogP contribution in [0.1, 0.15) is 32.1 Å². The van der Waals surface area contributed by atoms with Gasteiger partial charge >= 0.3 is 0 Å². The monoisotopic (exact) mass is 314 g/mol. The minimum atomic E-state index is -0.216. The highest BCUT2D eigenvalue weighted by Gasteiger charge is 2.50. The molecule has 1 unspecified atom stereocenters. The van der Waals surface area contributed by atoms with Crippen LogP contribution in [0.5, 0.6) is 5.88 Å². The van der Waals surface area contributed by atoms with E-state index in [4.69, 9.17) is 9.47 Å². The lowest BCUT2D eigenvalue weighted by Gasteiger charge is -2.53. The summed E-state index contributed by atoms with van der Waals surface area (Å²) < 4.78 is 12.0. The Labute approximate surface area is 136 Å². The Morgan fingerprint density at radius 2 is 2.30 bits per heavy atom. The van der Waals surface area contributed by atoms with Gasteiger partial charge in [-0.3, -0.25) is 4.79 Å². The summed E-state index contributed by atoms with van der Waals surface area (Å²) in [6.45, 7) is 2.05. The lowest BCUT2D eigenvalue weighted by atomic mass is 9.84. The fourth-order valence-corrected chi connectivity index (χ4v) is 3.75. The number of nitrogens with zero attached hydrogens (tertiary/aromatic N) is 2. The van der Waals surface area contributed by atoms with Crippen LogP contribution in [0.15, 0.2) is 36.0 Å². The zero-order valence-corrected chi connectivity index (χ0v) is 13.2. The second kappa shape index (κ2) is 5.96. The first-order chi connectivity index (χ1) is 11.2. The SMILES string of the molecule is O=C(C1=CCCC1)N1CC2(CC(Oc3ccccn3)CCO2)C1. The maximum Gasteiger partial charge on any atom is 0.249 e. The number of allylic oxidation sites excluding steroid dienone is 1. The number of carbonyl (C=O) groups excluding carboxylic acids is 1. The van der Waals surface area contributed by atoms with Crippen LogP contribution >= 0.6 is 0 Å². The molecule has 2 saturated heterocycles. The van der Waals surface area contributed by atoms with Crippen molar-refractivity contribution in [2.45, 2.75) is 43.8 Å². The highest BCUT2D eigenvalue weighted by atomic mass is 16.5. The maximum absolute atomic E-state index is 12.4. The summed E-state index contributed by atoms with van der Waals surface area (Å²) in [5.74, 6) is 0.863. The van der Waals surface area contributed by atoms with E-state index < -0.39 is 0 Å². The molecule has 0 aromatic carbocycles. The van der Waals surface area contributed by atoms with Gasteiger partial charge in [-0.05, 0) is 25.3 Å². The van der Waals surface area contributed by atoms with Crippen molar-refractivity contribution in [3.8, 4) is 5.88 Å². The number of carbonyl (C=O) groups is 1. The zero-order chi connectivity index (χ0) is 15.7. The Morgan fingerprint density at radius 1 is 1.39 bits per heavy atom. The fourth-order valence-electron chi connectivity index (χ4n) is 3.75. The number of amides is 1. The normalized spacial score (nSPS) is 25.8. The molecule has 1 atom stereocenters. The van der Waals surface area contributed by atoms with Gasteiger partial charge in [-0.15, -0.1) is 0 Å². The highest BCUT2D eigenvalue weighted by Crippen LogP contribution is 2.37. The Hall–Kier alpha value is -1.88. The Balaban J connectivity index is 1.34. The third-order valence-corrected chi connectivity index (χ3v) is 4.93. The number of rotatable bonds is 3. The van der Waals surface area contributed by atoms with Gasteiger partial charge in [0.05, 0.1) is 19.7 Å². The molecule has 0 saturated carbocycles. The van der Waals surface area contributed by atoms with E-state index >= 15 is 0 Å². The molecule has 2 fully saturated rings. The smallest absolute Gasteiger partial charge is 0.249 e. The summed E-state index contributed by atoms with van der Waals surface area (Å²) in [7, 11) is 0. The van der Waals surface area contributed by atoms with E-state index in [1.165, 1.54) is 0 Å². The molecule has 0 radical (unpaired) electrons. The van der Waals surface area contributed by atoms with Gasteiger partial charge in [-0.25, -0.2) is 4.98 Å². The summed E-state index contributed by atoms with van der Waals surface area (Å²) in [6.07, 6.45) is 8.71. The Bertz CT molecular complexity index is 608. The highest BCUT2D eigenvalue weighted by molar-refractivity contribution is 5.94. The molecule has 1 spiro atoms. The largest absolute Gasteiger partial charge is 0.474 e. The van der Waals surface area contributed by atoms with Crippen LogP contribution < -0.4 is 4.74 Å². The first-order valence-electron chi connectivity index (χ1n) is 8.44. The molecule has 5 heteroatoms. The van der Waals surface area contributed by atoms with Crippen LogP contribution in [-0.4, -0.2) is 47.2 Å². The molecule has 1 aromatic rings. The maximum atomic E-state index is 12.4. The lowest BCUT2D eigenvalue weighted by molar-refractivity contribution is -0.191. The predicted molar refractivity (Wildman–Crippen MR) is 85.1 cm³/mol. The molecule has 2 aliphatic heterocycles. The van der Waals surface area contributed by atoms with Gasteiger partial charge in [0.1, 0.15) is 11.7 Å². The number of aromatic nitrogens is 1. The predicted octanol–water partition coefficient (Wildman–Crippen LogP) is 2.33. The van der Waals surface area contributed by atoms with E-state index in [9.17, 15) is 4.79 Å².